The zero-order valence-corrected chi connectivity index (χ0v) is 9.20. The first kappa shape index (κ1) is 13.1. The number of benzene rings is 1. The summed E-state index contributed by atoms with van der Waals surface area (Å²) in [5, 5.41) is 9.19. The normalized spacial score (nSPS) is 12.8. The topological polar surface area (TPSA) is 54.4 Å². The van der Waals surface area contributed by atoms with E-state index in [1.807, 2.05) is 0 Å². The Morgan fingerprint density at radius 1 is 1.31 bits per heavy atom. The van der Waals surface area contributed by atoms with Gasteiger partial charge in [0.1, 0.15) is 5.75 Å². The van der Waals surface area contributed by atoms with Crippen molar-refractivity contribution in [3.8, 4) is 5.75 Å². The van der Waals surface area contributed by atoms with Crippen molar-refractivity contribution in [2.24, 2.45) is 0 Å². The standard InChI is InChI=1S/C8H6ClF3O3S/c9-16(14,15)4-5-1-2-6(3-7(5)13)8(10,11)12/h1-3,13H,4H2. The molecule has 0 aliphatic rings. The summed E-state index contributed by atoms with van der Waals surface area (Å²) < 4.78 is 57.9. The van der Waals surface area contributed by atoms with Crippen LogP contribution in [0.4, 0.5) is 13.2 Å². The third kappa shape index (κ3) is 3.57. The third-order valence-electron chi connectivity index (χ3n) is 1.74. The first-order chi connectivity index (χ1) is 7.09. The maximum atomic E-state index is 12.2. The van der Waals surface area contributed by atoms with Gasteiger partial charge in [-0.2, -0.15) is 13.2 Å². The first-order valence-electron chi connectivity index (χ1n) is 3.91. The fourth-order valence-corrected chi connectivity index (χ4v) is 2.02. The number of hydrogen-bond acceptors (Lipinski definition) is 3. The van der Waals surface area contributed by atoms with Crippen molar-refractivity contribution >= 4 is 19.7 Å². The quantitative estimate of drug-likeness (QED) is 0.843. The lowest BCUT2D eigenvalue weighted by atomic mass is 10.1. The second kappa shape index (κ2) is 4.14. The molecule has 0 heterocycles. The van der Waals surface area contributed by atoms with Crippen molar-refractivity contribution in [2.75, 3.05) is 0 Å². The summed E-state index contributed by atoms with van der Waals surface area (Å²) in [7, 11) is 0.991. The van der Waals surface area contributed by atoms with Crippen LogP contribution < -0.4 is 0 Å². The Morgan fingerprint density at radius 3 is 2.25 bits per heavy atom. The van der Waals surface area contributed by atoms with Gasteiger partial charge in [-0.25, -0.2) is 8.42 Å². The van der Waals surface area contributed by atoms with E-state index in [9.17, 15) is 26.7 Å². The summed E-state index contributed by atoms with van der Waals surface area (Å²) in [6.45, 7) is 0. The number of hydrogen-bond donors (Lipinski definition) is 1. The molecule has 1 N–H and O–H groups in total. The minimum absolute atomic E-state index is 0.178. The maximum absolute atomic E-state index is 12.2. The Kier molecular flexibility index (Phi) is 3.39. The molecule has 0 fully saturated rings. The molecule has 0 aliphatic heterocycles. The number of phenols is 1. The highest BCUT2D eigenvalue weighted by molar-refractivity contribution is 8.13. The Hall–Kier alpha value is -0.950. The second-order valence-electron chi connectivity index (χ2n) is 3.02. The fraction of sp³-hybridized carbons (Fsp3) is 0.250. The first-order valence-corrected chi connectivity index (χ1v) is 6.39. The van der Waals surface area contributed by atoms with Crippen LogP contribution in [0.25, 0.3) is 0 Å². The molecule has 1 aromatic rings. The Balaban J connectivity index is 3.11. The van der Waals surface area contributed by atoms with E-state index in [0.29, 0.717) is 12.1 Å². The van der Waals surface area contributed by atoms with Gasteiger partial charge >= 0.3 is 6.18 Å². The zero-order chi connectivity index (χ0) is 12.6. The highest BCUT2D eigenvalue weighted by Gasteiger charge is 2.31. The predicted octanol–water partition coefficient (Wildman–Crippen LogP) is 2.48. The van der Waals surface area contributed by atoms with Gasteiger partial charge in [-0.05, 0) is 12.1 Å². The van der Waals surface area contributed by atoms with Crippen LogP contribution in [-0.2, 0) is 21.0 Å². The minimum Gasteiger partial charge on any atom is -0.508 e. The van der Waals surface area contributed by atoms with Crippen LogP contribution in [0.3, 0.4) is 0 Å². The number of phenolic OH excluding ortho intramolecular Hbond substituents is 1. The van der Waals surface area contributed by atoms with Gasteiger partial charge in [0.2, 0.25) is 9.05 Å². The van der Waals surface area contributed by atoms with Crippen molar-refractivity contribution in [2.45, 2.75) is 11.9 Å². The van der Waals surface area contributed by atoms with Crippen LogP contribution in [0.5, 0.6) is 5.75 Å². The summed E-state index contributed by atoms with van der Waals surface area (Å²) in [4.78, 5) is 0. The summed E-state index contributed by atoms with van der Waals surface area (Å²) in [6.07, 6.45) is -4.59. The van der Waals surface area contributed by atoms with Crippen molar-refractivity contribution < 1.29 is 26.7 Å². The van der Waals surface area contributed by atoms with Crippen LogP contribution in [0.1, 0.15) is 11.1 Å². The molecular weight excluding hydrogens is 269 g/mol. The number of aromatic hydroxyl groups is 1. The van der Waals surface area contributed by atoms with E-state index in [-0.39, 0.29) is 5.56 Å². The van der Waals surface area contributed by atoms with Crippen LogP contribution in [0.2, 0.25) is 0 Å². The van der Waals surface area contributed by atoms with Crippen LogP contribution in [0, 0.1) is 0 Å². The number of halogens is 4. The number of alkyl halides is 3. The molecule has 1 rings (SSSR count). The molecule has 16 heavy (non-hydrogen) atoms. The third-order valence-corrected chi connectivity index (χ3v) is 2.72. The Bertz CT molecular complexity index is 496. The molecule has 0 unspecified atom stereocenters. The van der Waals surface area contributed by atoms with Crippen molar-refractivity contribution in [3.63, 3.8) is 0 Å². The van der Waals surface area contributed by atoms with Crippen molar-refractivity contribution in [1.29, 1.82) is 0 Å². The largest absolute Gasteiger partial charge is 0.508 e. The van der Waals surface area contributed by atoms with Gasteiger partial charge < -0.3 is 5.11 Å². The highest BCUT2D eigenvalue weighted by atomic mass is 35.7. The molecule has 0 bridgehead atoms. The number of rotatable bonds is 2. The van der Waals surface area contributed by atoms with Gasteiger partial charge in [-0.15, -0.1) is 0 Å². The summed E-state index contributed by atoms with van der Waals surface area (Å²) in [5.74, 6) is -1.47. The van der Waals surface area contributed by atoms with Gasteiger partial charge in [-0.3, -0.25) is 0 Å². The van der Waals surface area contributed by atoms with Crippen molar-refractivity contribution in [1.82, 2.24) is 0 Å². The van der Waals surface area contributed by atoms with E-state index in [0.717, 1.165) is 6.07 Å². The predicted molar refractivity (Wildman–Crippen MR) is 51.6 cm³/mol. The van der Waals surface area contributed by atoms with Crippen LogP contribution in [0.15, 0.2) is 18.2 Å². The van der Waals surface area contributed by atoms with Crippen LogP contribution in [-0.4, -0.2) is 13.5 Å². The lowest BCUT2D eigenvalue weighted by molar-refractivity contribution is -0.137. The van der Waals surface area contributed by atoms with E-state index in [4.69, 9.17) is 10.7 Å². The molecule has 0 amide bonds. The van der Waals surface area contributed by atoms with Gasteiger partial charge in [0, 0.05) is 16.2 Å². The van der Waals surface area contributed by atoms with E-state index < -0.39 is 32.3 Å². The molecule has 0 saturated carbocycles. The molecular formula is C8H6ClF3O3S. The summed E-state index contributed by atoms with van der Waals surface area (Å²) in [5.41, 5.74) is -1.23. The van der Waals surface area contributed by atoms with Gasteiger partial charge in [-0.1, -0.05) is 6.07 Å². The molecule has 0 aliphatic carbocycles. The minimum atomic E-state index is -4.59. The lowest BCUT2D eigenvalue weighted by Gasteiger charge is -2.08. The van der Waals surface area contributed by atoms with E-state index in [1.54, 1.807) is 0 Å². The molecule has 0 aromatic heterocycles. The average Bonchev–Trinajstić information content (AvgIpc) is 2.04. The van der Waals surface area contributed by atoms with Gasteiger partial charge in [0.15, 0.2) is 0 Å². The smallest absolute Gasteiger partial charge is 0.416 e. The lowest BCUT2D eigenvalue weighted by Crippen LogP contribution is -2.05. The second-order valence-corrected chi connectivity index (χ2v) is 5.80. The average molecular weight is 275 g/mol. The van der Waals surface area contributed by atoms with E-state index in [1.165, 1.54) is 0 Å². The molecule has 0 spiro atoms. The summed E-state index contributed by atoms with van der Waals surface area (Å²) in [6, 6.07) is 2.01. The maximum Gasteiger partial charge on any atom is 0.416 e. The molecule has 8 heteroatoms. The Morgan fingerprint density at radius 2 is 1.88 bits per heavy atom. The monoisotopic (exact) mass is 274 g/mol. The Labute approximate surface area is 93.9 Å². The van der Waals surface area contributed by atoms with Crippen molar-refractivity contribution in [3.05, 3.63) is 29.3 Å². The van der Waals surface area contributed by atoms with E-state index >= 15 is 0 Å². The molecule has 0 radical (unpaired) electrons. The molecule has 90 valence electrons. The fourth-order valence-electron chi connectivity index (χ4n) is 1.05. The molecule has 1 aromatic carbocycles. The zero-order valence-electron chi connectivity index (χ0n) is 7.62. The SMILES string of the molecule is O=S(=O)(Cl)Cc1ccc(C(F)(F)F)cc1O. The molecule has 0 atom stereocenters. The van der Waals surface area contributed by atoms with Gasteiger partial charge in [0.05, 0.1) is 11.3 Å². The summed E-state index contributed by atoms with van der Waals surface area (Å²) >= 11 is 0. The molecule has 3 nitrogen and oxygen atoms in total. The highest BCUT2D eigenvalue weighted by Crippen LogP contribution is 2.33. The molecule has 0 saturated heterocycles. The van der Waals surface area contributed by atoms with Gasteiger partial charge in [0.25, 0.3) is 0 Å². The van der Waals surface area contributed by atoms with E-state index in [2.05, 4.69) is 0 Å². The van der Waals surface area contributed by atoms with Crippen LogP contribution >= 0.6 is 10.7 Å².